The summed E-state index contributed by atoms with van der Waals surface area (Å²) in [4.78, 5) is 0. The van der Waals surface area contributed by atoms with E-state index in [9.17, 15) is 8.42 Å². The lowest BCUT2D eigenvalue weighted by molar-refractivity contribution is 0.560. The molecule has 0 spiro atoms. The Morgan fingerprint density at radius 2 is 1.86 bits per heavy atom. The first-order chi connectivity index (χ1) is 6.53. The van der Waals surface area contributed by atoms with Gasteiger partial charge in [-0.25, -0.2) is 5.14 Å². The van der Waals surface area contributed by atoms with Crippen molar-refractivity contribution < 1.29 is 8.42 Å². The number of benzene rings is 1. The van der Waals surface area contributed by atoms with Crippen LogP contribution in [0.5, 0.6) is 0 Å². The zero-order chi connectivity index (χ0) is 10.6. The molecule has 0 aliphatic rings. The van der Waals surface area contributed by atoms with E-state index >= 15 is 0 Å². The average Bonchev–Trinajstić information content (AvgIpc) is 2.14. The van der Waals surface area contributed by atoms with E-state index in [2.05, 4.69) is 4.72 Å². The van der Waals surface area contributed by atoms with E-state index in [-0.39, 0.29) is 6.54 Å². The third kappa shape index (κ3) is 3.43. The number of hydrogen-bond acceptors (Lipinski definition) is 3. The van der Waals surface area contributed by atoms with Crippen LogP contribution in [-0.2, 0) is 10.2 Å². The van der Waals surface area contributed by atoms with Crippen LogP contribution in [0, 0.1) is 0 Å². The lowest BCUT2D eigenvalue weighted by Crippen LogP contribution is -2.37. The van der Waals surface area contributed by atoms with Crippen molar-refractivity contribution in [1.82, 2.24) is 4.72 Å². The van der Waals surface area contributed by atoms with Crippen molar-refractivity contribution in [1.29, 1.82) is 0 Å². The Kier molecular flexibility index (Phi) is 3.59. The van der Waals surface area contributed by atoms with Crippen LogP contribution in [0.2, 0.25) is 0 Å². The van der Waals surface area contributed by atoms with E-state index in [1.54, 1.807) is 12.1 Å². The summed E-state index contributed by atoms with van der Waals surface area (Å²) in [6.45, 7) is 0.167. The van der Waals surface area contributed by atoms with Crippen LogP contribution in [-0.4, -0.2) is 15.0 Å². The Bertz CT molecular complexity index is 377. The molecule has 0 saturated heterocycles. The number of hydrogen-bond donors (Lipinski definition) is 3. The van der Waals surface area contributed by atoms with Gasteiger partial charge in [-0.05, 0) is 5.56 Å². The summed E-state index contributed by atoms with van der Waals surface area (Å²) in [5.74, 6) is 0. The Labute approximate surface area is 83.3 Å². The summed E-state index contributed by atoms with van der Waals surface area (Å²) < 4.78 is 23.8. The summed E-state index contributed by atoms with van der Waals surface area (Å²) >= 11 is 0. The predicted molar refractivity (Wildman–Crippen MR) is 54.5 cm³/mol. The summed E-state index contributed by atoms with van der Waals surface area (Å²) in [5, 5.41) is 4.85. The molecule has 1 unspecified atom stereocenters. The van der Waals surface area contributed by atoms with Gasteiger partial charge in [0.05, 0.1) is 6.04 Å². The van der Waals surface area contributed by atoms with Gasteiger partial charge in [-0.2, -0.15) is 13.1 Å². The van der Waals surface area contributed by atoms with Gasteiger partial charge in [0, 0.05) is 6.54 Å². The number of nitrogens with two attached hydrogens (primary N) is 2. The van der Waals surface area contributed by atoms with Crippen LogP contribution in [0.3, 0.4) is 0 Å². The van der Waals surface area contributed by atoms with Gasteiger partial charge in [0.2, 0.25) is 0 Å². The van der Waals surface area contributed by atoms with E-state index in [0.29, 0.717) is 0 Å². The maximum Gasteiger partial charge on any atom is 0.274 e. The molecule has 0 aliphatic carbocycles. The first-order valence-corrected chi connectivity index (χ1v) is 5.62. The van der Waals surface area contributed by atoms with E-state index in [4.69, 9.17) is 10.9 Å². The van der Waals surface area contributed by atoms with Crippen LogP contribution in [0.1, 0.15) is 11.6 Å². The van der Waals surface area contributed by atoms with Crippen molar-refractivity contribution >= 4 is 10.2 Å². The van der Waals surface area contributed by atoms with E-state index in [1.165, 1.54) is 0 Å². The molecular formula is C8H13N3O2S. The normalized spacial score (nSPS) is 13.9. The Hall–Kier alpha value is -0.950. The Morgan fingerprint density at radius 1 is 1.29 bits per heavy atom. The lowest BCUT2D eigenvalue weighted by Gasteiger charge is -2.14. The highest BCUT2D eigenvalue weighted by molar-refractivity contribution is 7.87. The first-order valence-electron chi connectivity index (χ1n) is 4.08. The minimum Gasteiger partial charge on any atom is -0.329 e. The van der Waals surface area contributed by atoms with Gasteiger partial charge in [-0.15, -0.1) is 0 Å². The molecule has 1 atom stereocenters. The summed E-state index contributed by atoms with van der Waals surface area (Å²) in [6, 6.07) is 8.57. The molecule has 0 heterocycles. The maximum atomic E-state index is 10.8. The second-order valence-corrected chi connectivity index (χ2v) is 4.19. The average molecular weight is 215 g/mol. The minimum atomic E-state index is -3.71. The smallest absolute Gasteiger partial charge is 0.274 e. The van der Waals surface area contributed by atoms with Gasteiger partial charge < -0.3 is 5.73 Å². The molecule has 0 fully saturated rings. The largest absolute Gasteiger partial charge is 0.329 e. The monoisotopic (exact) mass is 215 g/mol. The number of rotatable bonds is 4. The molecule has 5 N–H and O–H groups in total. The molecule has 0 radical (unpaired) electrons. The van der Waals surface area contributed by atoms with Gasteiger partial charge >= 0.3 is 0 Å². The van der Waals surface area contributed by atoms with Crippen molar-refractivity contribution in [3.05, 3.63) is 35.9 Å². The molecular weight excluding hydrogens is 202 g/mol. The fourth-order valence-corrected chi connectivity index (χ4v) is 1.76. The summed E-state index contributed by atoms with van der Waals surface area (Å²) in [7, 11) is -3.71. The highest BCUT2D eigenvalue weighted by Crippen LogP contribution is 2.10. The molecule has 0 amide bonds. The first kappa shape index (κ1) is 11.1. The molecule has 14 heavy (non-hydrogen) atoms. The minimum absolute atomic E-state index is 0.167. The van der Waals surface area contributed by atoms with Crippen LogP contribution >= 0.6 is 0 Å². The van der Waals surface area contributed by atoms with Gasteiger partial charge in [0.1, 0.15) is 0 Å². The van der Waals surface area contributed by atoms with E-state index in [1.807, 2.05) is 18.2 Å². The zero-order valence-corrected chi connectivity index (χ0v) is 8.37. The van der Waals surface area contributed by atoms with Crippen molar-refractivity contribution in [2.24, 2.45) is 10.9 Å². The third-order valence-corrected chi connectivity index (χ3v) is 2.36. The van der Waals surface area contributed by atoms with Crippen molar-refractivity contribution in [3.8, 4) is 0 Å². The van der Waals surface area contributed by atoms with Gasteiger partial charge in [0.15, 0.2) is 0 Å². The van der Waals surface area contributed by atoms with Gasteiger partial charge in [0.25, 0.3) is 10.2 Å². The lowest BCUT2D eigenvalue weighted by atomic mass is 10.1. The Balaban J connectivity index is 2.84. The van der Waals surface area contributed by atoms with Crippen molar-refractivity contribution in [2.75, 3.05) is 6.54 Å². The molecule has 78 valence electrons. The number of nitrogens with one attached hydrogen (secondary N) is 1. The topological polar surface area (TPSA) is 98.2 Å². The van der Waals surface area contributed by atoms with Crippen LogP contribution < -0.4 is 15.6 Å². The summed E-state index contributed by atoms with van der Waals surface area (Å²) in [6.07, 6.45) is 0. The van der Waals surface area contributed by atoms with Crippen LogP contribution in [0.4, 0.5) is 0 Å². The molecule has 6 heteroatoms. The van der Waals surface area contributed by atoms with E-state index in [0.717, 1.165) is 5.56 Å². The second-order valence-electron chi connectivity index (χ2n) is 2.86. The second kappa shape index (κ2) is 4.52. The molecule has 0 saturated carbocycles. The van der Waals surface area contributed by atoms with Gasteiger partial charge in [-0.1, -0.05) is 30.3 Å². The Morgan fingerprint density at radius 3 is 2.29 bits per heavy atom. The molecule has 0 bridgehead atoms. The molecule has 1 aromatic rings. The summed E-state index contributed by atoms with van der Waals surface area (Å²) in [5.41, 5.74) is 6.22. The van der Waals surface area contributed by atoms with Crippen molar-refractivity contribution in [2.45, 2.75) is 6.04 Å². The molecule has 1 rings (SSSR count). The molecule has 1 aromatic carbocycles. The van der Waals surface area contributed by atoms with Crippen LogP contribution in [0.25, 0.3) is 0 Å². The van der Waals surface area contributed by atoms with E-state index < -0.39 is 16.3 Å². The standard InChI is InChI=1S/C8H13N3O2S/c9-6-8(11-14(10,12)13)7-4-2-1-3-5-7/h1-5,8,11H,6,9H2,(H2,10,12,13). The zero-order valence-electron chi connectivity index (χ0n) is 7.55. The molecule has 5 nitrogen and oxygen atoms in total. The van der Waals surface area contributed by atoms with Gasteiger partial charge in [-0.3, -0.25) is 0 Å². The highest BCUT2D eigenvalue weighted by atomic mass is 32.2. The van der Waals surface area contributed by atoms with Crippen molar-refractivity contribution in [3.63, 3.8) is 0 Å². The molecule has 0 aliphatic heterocycles. The quantitative estimate of drug-likeness (QED) is 0.630. The fourth-order valence-electron chi connectivity index (χ4n) is 1.14. The molecule has 0 aromatic heterocycles. The third-order valence-electron chi connectivity index (χ3n) is 1.74. The fraction of sp³-hybridized carbons (Fsp3) is 0.250. The maximum absolute atomic E-state index is 10.8. The highest BCUT2D eigenvalue weighted by Gasteiger charge is 2.13. The van der Waals surface area contributed by atoms with Crippen LogP contribution in [0.15, 0.2) is 30.3 Å². The predicted octanol–water partition coefficient (Wildman–Crippen LogP) is -0.520. The SMILES string of the molecule is NCC(NS(N)(=O)=O)c1ccccc1.